The SMILES string of the molecule is CC(Br)C1(c2ccccc2)OC(=O)[C@H](C)O1. The highest BCUT2D eigenvalue weighted by atomic mass is 79.9. The van der Waals surface area contributed by atoms with E-state index in [1.807, 2.05) is 37.3 Å². The largest absolute Gasteiger partial charge is 0.425 e. The van der Waals surface area contributed by atoms with Crippen molar-refractivity contribution in [2.45, 2.75) is 30.6 Å². The highest BCUT2D eigenvalue weighted by molar-refractivity contribution is 9.09. The molecule has 0 aromatic heterocycles. The van der Waals surface area contributed by atoms with Gasteiger partial charge in [-0.1, -0.05) is 46.3 Å². The molecule has 0 aliphatic carbocycles. The number of carbonyl (C=O) groups is 1. The van der Waals surface area contributed by atoms with Crippen molar-refractivity contribution in [2.24, 2.45) is 0 Å². The lowest BCUT2D eigenvalue weighted by Gasteiger charge is -2.29. The van der Waals surface area contributed by atoms with Gasteiger partial charge in [-0.05, 0) is 13.8 Å². The van der Waals surface area contributed by atoms with Crippen LogP contribution in [0.5, 0.6) is 0 Å². The Labute approximate surface area is 103 Å². The molecule has 0 saturated carbocycles. The van der Waals surface area contributed by atoms with Gasteiger partial charge in [0.15, 0.2) is 6.10 Å². The summed E-state index contributed by atoms with van der Waals surface area (Å²) in [5.41, 5.74) is 0.845. The van der Waals surface area contributed by atoms with E-state index in [2.05, 4.69) is 15.9 Å². The minimum atomic E-state index is -1.00. The summed E-state index contributed by atoms with van der Waals surface area (Å²) in [5, 5.41) is 0. The van der Waals surface area contributed by atoms with E-state index in [9.17, 15) is 4.79 Å². The van der Waals surface area contributed by atoms with Crippen LogP contribution in [-0.4, -0.2) is 16.9 Å². The molecule has 0 spiro atoms. The molecule has 1 aromatic carbocycles. The lowest BCUT2D eigenvalue weighted by atomic mass is 10.0. The van der Waals surface area contributed by atoms with Crippen LogP contribution in [0.4, 0.5) is 0 Å². The first-order valence-corrected chi connectivity index (χ1v) is 6.08. The van der Waals surface area contributed by atoms with Crippen molar-refractivity contribution >= 4 is 21.9 Å². The van der Waals surface area contributed by atoms with Gasteiger partial charge in [-0.3, -0.25) is 0 Å². The van der Waals surface area contributed by atoms with Crippen molar-refractivity contribution in [3.8, 4) is 0 Å². The molecular formula is C12H13BrO3. The fourth-order valence-corrected chi connectivity index (χ4v) is 2.23. The first-order chi connectivity index (χ1) is 7.56. The number of alkyl halides is 1. The van der Waals surface area contributed by atoms with Crippen LogP contribution in [0, 0.1) is 0 Å². The Morgan fingerprint density at radius 2 is 2.00 bits per heavy atom. The molecule has 1 saturated heterocycles. The average Bonchev–Trinajstić information content (AvgIpc) is 2.58. The van der Waals surface area contributed by atoms with E-state index >= 15 is 0 Å². The molecule has 3 nitrogen and oxygen atoms in total. The smallest absolute Gasteiger partial charge is 0.337 e. The van der Waals surface area contributed by atoms with Crippen LogP contribution in [0.3, 0.4) is 0 Å². The molecule has 4 heteroatoms. The minimum absolute atomic E-state index is 0.115. The summed E-state index contributed by atoms with van der Waals surface area (Å²) in [7, 11) is 0. The van der Waals surface area contributed by atoms with E-state index in [4.69, 9.17) is 9.47 Å². The van der Waals surface area contributed by atoms with Gasteiger partial charge in [0.05, 0.1) is 4.83 Å². The zero-order valence-corrected chi connectivity index (χ0v) is 10.7. The molecule has 1 heterocycles. The molecule has 1 aliphatic heterocycles. The Morgan fingerprint density at radius 3 is 2.44 bits per heavy atom. The Kier molecular flexibility index (Phi) is 3.04. The van der Waals surface area contributed by atoms with Gasteiger partial charge in [-0.15, -0.1) is 0 Å². The normalized spacial score (nSPS) is 31.2. The Balaban J connectivity index is 2.43. The minimum Gasteiger partial charge on any atom is -0.425 e. The molecular weight excluding hydrogens is 272 g/mol. The van der Waals surface area contributed by atoms with Crippen molar-refractivity contribution < 1.29 is 14.3 Å². The van der Waals surface area contributed by atoms with Gasteiger partial charge in [0.2, 0.25) is 0 Å². The van der Waals surface area contributed by atoms with Gasteiger partial charge in [-0.2, -0.15) is 0 Å². The third-order valence-electron chi connectivity index (χ3n) is 2.64. The maximum atomic E-state index is 11.5. The van der Waals surface area contributed by atoms with E-state index in [1.54, 1.807) is 6.92 Å². The predicted molar refractivity (Wildman–Crippen MR) is 63.1 cm³/mol. The van der Waals surface area contributed by atoms with Crippen LogP contribution in [-0.2, 0) is 20.1 Å². The summed E-state index contributed by atoms with van der Waals surface area (Å²) in [4.78, 5) is 11.4. The average molecular weight is 285 g/mol. The van der Waals surface area contributed by atoms with E-state index in [0.717, 1.165) is 5.56 Å². The fraction of sp³-hybridized carbons (Fsp3) is 0.417. The summed E-state index contributed by atoms with van der Waals surface area (Å²) < 4.78 is 11.1. The standard InChI is InChI=1S/C12H13BrO3/c1-8-11(14)16-12(15-8,9(2)13)10-6-4-3-5-7-10/h3-9H,1-2H3/t8-,9?,12?/m0/s1. The fourth-order valence-electron chi connectivity index (χ4n) is 1.77. The van der Waals surface area contributed by atoms with E-state index < -0.39 is 11.9 Å². The molecule has 2 unspecified atom stereocenters. The third-order valence-corrected chi connectivity index (χ3v) is 3.24. The van der Waals surface area contributed by atoms with Crippen LogP contribution in [0.2, 0.25) is 0 Å². The topological polar surface area (TPSA) is 35.5 Å². The van der Waals surface area contributed by atoms with Gasteiger partial charge in [-0.25, -0.2) is 4.79 Å². The highest BCUT2D eigenvalue weighted by Gasteiger charge is 2.50. The summed E-state index contributed by atoms with van der Waals surface area (Å²) >= 11 is 3.45. The first-order valence-electron chi connectivity index (χ1n) is 5.16. The second-order valence-corrected chi connectivity index (χ2v) is 5.20. The number of ether oxygens (including phenoxy) is 2. The van der Waals surface area contributed by atoms with Gasteiger partial charge in [0.1, 0.15) is 0 Å². The van der Waals surface area contributed by atoms with Gasteiger partial charge in [0.25, 0.3) is 5.79 Å². The van der Waals surface area contributed by atoms with E-state index in [-0.39, 0.29) is 10.8 Å². The van der Waals surface area contributed by atoms with Crippen molar-refractivity contribution in [3.63, 3.8) is 0 Å². The molecule has 0 bridgehead atoms. The molecule has 0 radical (unpaired) electrons. The van der Waals surface area contributed by atoms with Crippen LogP contribution >= 0.6 is 15.9 Å². The Morgan fingerprint density at radius 1 is 1.38 bits per heavy atom. The van der Waals surface area contributed by atoms with Crippen molar-refractivity contribution in [2.75, 3.05) is 0 Å². The molecule has 2 rings (SSSR count). The third kappa shape index (κ3) is 1.76. The number of esters is 1. The van der Waals surface area contributed by atoms with Crippen LogP contribution in [0.15, 0.2) is 30.3 Å². The van der Waals surface area contributed by atoms with Gasteiger partial charge in [0, 0.05) is 5.56 Å². The van der Waals surface area contributed by atoms with Crippen molar-refractivity contribution in [3.05, 3.63) is 35.9 Å². The molecule has 3 atom stereocenters. The monoisotopic (exact) mass is 284 g/mol. The van der Waals surface area contributed by atoms with Gasteiger partial charge < -0.3 is 9.47 Å². The number of rotatable bonds is 2. The summed E-state index contributed by atoms with van der Waals surface area (Å²) in [5.74, 6) is -1.33. The summed E-state index contributed by atoms with van der Waals surface area (Å²) in [6.45, 7) is 3.60. The molecule has 16 heavy (non-hydrogen) atoms. The molecule has 1 aromatic rings. The number of halogens is 1. The maximum Gasteiger partial charge on any atom is 0.337 e. The first kappa shape index (κ1) is 11.6. The lowest BCUT2D eigenvalue weighted by molar-refractivity contribution is -0.180. The van der Waals surface area contributed by atoms with Crippen LogP contribution < -0.4 is 0 Å². The quantitative estimate of drug-likeness (QED) is 0.619. The second-order valence-electron chi connectivity index (χ2n) is 3.83. The molecule has 0 amide bonds. The van der Waals surface area contributed by atoms with E-state index in [1.165, 1.54) is 0 Å². The Bertz CT molecular complexity index is 391. The number of carbonyl (C=O) groups excluding carboxylic acids is 1. The van der Waals surface area contributed by atoms with Crippen LogP contribution in [0.1, 0.15) is 19.4 Å². The second kappa shape index (κ2) is 4.18. The number of hydrogen-bond acceptors (Lipinski definition) is 3. The summed E-state index contributed by atoms with van der Waals surface area (Å²) in [6.07, 6.45) is -0.528. The molecule has 1 aliphatic rings. The van der Waals surface area contributed by atoms with Crippen LogP contribution in [0.25, 0.3) is 0 Å². The maximum absolute atomic E-state index is 11.5. The molecule has 86 valence electrons. The zero-order chi connectivity index (χ0) is 11.8. The number of cyclic esters (lactones) is 1. The predicted octanol–water partition coefficient (Wildman–Crippen LogP) is 2.58. The zero-order valence-electron chi connectivity index (χ0n) is 9.14. The van der Waals surface area contributed by atoms with Gasteiger partial charge >= 0.3 is 5.97 Å². The highest BCUT2D eigenvalue weighted by Crippen LogP contribution is 2.40. The molecule has 1 fully saturated rings. The van der Waals surface area contributed by atoms with Crippen molar-refractivity contribution in [1.29, 1.82) is 0 Å². The summed E-state index contributed by atoms with van der Waals surface area (Å²) in [6, 6.07) is 9.49. The Hall–Kier alpha value is -0.870. The molecule has 0 N–H and O–H groups in total. The number of hydrogen-bond donors (Lipinski definition) is 0. The van der Waals surface area contributed by atoms with Crippen molar-refractivity contribution in [1.82, 2.24) is 0 Å². The lowest BCUT2D eigenvalue weighted by Crippen LogP contribution is -2.36. The van der Waals surface area contributed by atoms with E-state index in [0.29, 0.717) is 0 Å². The number of benzene rings is 1.